The van der Waals surface area contributed by atoms with Crippen molar-refractivity contribution >= 4 is 5.78 Å². The summed E-state index contributed by atoms with van der Waals surface area (Å²) in [4.78, 5) is 12.8. The Morgan fingerprint density at radius 3 is 2.00 bits per heavy atom. The van der Waals surface area contributed by atoms with Crippen molar-refractivity contribution in [3.8, 4) is 0 Å². The molecule has 0 amide bonds. The SMILES string of the molecule is CC1O[C@H](CO)[C@@H](O)[C@H](O)C1C(=O)C(C)(C)C(C)(C)C. The Hall–Kier alpha value is -0.490. The van der Waals surface area contributed by atoms with E-state index in [-0.39, 0.29) is 17.8 Å². The lowest BCUT2D eigenvalue weighted by molar-refractivity contribution is -0.209. The molecule has 1 aliphatic rings. The van der Waals surface area contributed by atoms with Gasteiger partial charge in [-0.2, -0.15) is 0 Å². The molecule has 1 saturated heterocycles. The summed E-state index contributed by atoms with van der Waals surface area (Å²) < 4.78 is 5.48. The Morgan fingerprint density at radius 1 is 1.10 bits per heavy atom. The van der Waals surface area contributed by atoms with Crippen LogP contribution in [0.5, 0.6) is 0 Å². The van der Waals surface area contributed by atoms with Gasteiger partial charge in [0.15, 0.2) is 0 Å². The molecule has 0 aromatic heterocycles. The van der Waals surface area contributed by atoms with Gasteiger partial charge in [0.2, 0.25) is 0 Å². The molecule has 0 aromatic rings. The number of ketones is 1. The molecule has 1 fully saturated rings. The van der Waals surface area contributed by atoms with Crippen molar-refractivity contribution in [1.29, 1.82) is 0 Å². The third-order valence-electron chi connectivity index (χ3n) is 4.97. The minimum atomic E-state index is -1.25. The van der Waals surface area contributed by atoms with Crippen molar-refractivity contribution < 1.29 is 24.9 Å². The topological polar surface area (TPSA) is 87.0 Å². The Morgan fingerprint density at radius 2 is 1.60 bits per heavy atom. The molecule has 20 heavy (non-hydrogen) atoms. The summed E-state index contributed by atoms with van der Waals surface area (Å²) in [6, 6.07) is 0. The maximum atomic E-state index is 12.8. The van der Waals surface area contributed by atoms with Crippen LogP contribution in [-0.2, 0) is 9.53 Å². The lowest BCUT2D eigenvalue weighted by Gasteiger charge is -2.46. The Kier molecular flexibility index (Phi) is 5.02. The molecular formula is C15H28O5. The molecule has 1 aliphatic heterocycles. The molecule has 0 aliphatic carbocycles. The maximum absolute atomic E-state index is 12.8. The quantitative estimate of drug-likeness (QED) is 0.713. The zero-order valence-electron chi connectivity index (χ0n) is 13.3. The van der Waals surface area contributed by atoms with Crippen molar-refractivity contribution in [3.05, 3.63) is 0 Å². The first kappa shape index (κ1) is 17.6. The fraction of sp³-hybridized carbons (Fsp3) is 0.933. The Labute approximate surface area is 121 Å². The number of hydrogen-bond donors (Lipinski definition) is 3. The first-order chi connectivity index (χ1) is 8.95. The molecule has 0 spiro atoms. The lowest BCUT2D eigenvalue weighted by Crippen LogP contribution is -2.59. The van der Waals surface area contributed by atoms with E-state index in [0.29, 0.717) is 0 Å². The van der Waals surface area contributed by atoms with Gasteiger partial charge in [-0.15, -0.1) is 0 Å². The van der Waals surface area contributed by atoms with E-state index in [1.807, 2.05) is 34.6 Å². The second-order valence-electron chi connectivity index (χ2n) is 7.31. The van der Waals surface area contributed by atoms with Crippen LogP contribution < -0.4 is 0 Å². The van der Waals surface area contributed by atoms with E-state index < -0.39 is 35.7 Å². The number of hydrogen-bond acceptors (Lipinski definition) is 5. The van der Waals surface area contributed by atoms with Gasteiger partial charge < -0.3 is 20.1 Å². The number of ether oxygens (including phenoxy) is 1. The molecule has 0 bridgehead atoms. The van der Waals surface area contributed by atoms with E-state index in [2.05, 4.69) is 0 Å². The molecule has 0 saturated carbocycles. The van der Waals surface area contributed by atoms with E-state index in [9.17, 15) is 15.0 Å². The highest BCUT2D eigenvalue weighted by Gasteiger charge is 2.51. The van der Waals surface area contributed by atoms with Gasteiger partial charge in [0.05, 0.1) is 24.7 Å². The molecule has 5 atom stereocenters. The summed E-state index contributed by atoms with van der Waals surface area (Å²) in [6.07, 6.45) is -3.85. The summed E-state index contributed by atoms with van der Waals surface area (Å²) in [7, 11) is 0. The molecule has 1 heterocycles. The number of rotatable bonds is 3. The summed E-state index contributed by atoms with van der Waals surface area (Å²) >= 11 is 0. The molecule has 5 heteroatoms. The normalized spacial score (nSPS) is 36.0. The molecule has 3 N–H and O–H groups in total. The van der Waals surface area contributed by atoms with Crippen LogP contribution in [0.2, 0.25) is 0 Å². The predicted octanol–water partition coefficient (Wildman–Crippen LogP) is 0.745. The molecule has 0 aromatic carbocycles. The molecule has 5 nitrogen and oxygen atoms in total. The Balaban J connectivity index is 3.04. The highest BCUT2D eigenvalue weighted by molar-refractivity contribution is 5.88. The van der Waals surface area contributed by atoms with Gasteiger partial charge in [-0.1, -0.05) is 34.6 Å². The number of carbonyl (C=O) groups is 1. The van der Waals surface area contributed by atoms with E-state index in [0.717, 1.165) is 0 Å². The third kappa shape index (κ3) is 2.91. The van der Waals surface area contributed by atoms with E-state index in [4.69, 9.17) is 9.84 Å². The van der Waals surface area contributed by atoms with Gasteiger partial charge in [-0.25, -0.2) is 0 Å². The van der Waals surface area contributed by atoms with Crippen LogP contribution in [0.4, 0.5) is 0 Å². The van der Waals surface area contributed by atoms with Gasteiger partial charge in [0.25, 0.3) is 0 Å². The minimum absolute atomic E-state index is 0.125. The summed E-state index contributed by atoms with van der Waals surface area (Å²) in [5.74, 6) is -0.914. The van der Waals surface area contributed by atoms with Crippen molar-refractivity contribution in [3.63, 3.8) is 0 Å². The second kappa shape index (κ2) is 5.72. The van der Waals surface area contributed by atoms with Crippen LogP contribution in [0.15, 0.2) is 0 Å². The highest BCUT2D eigenvalue weighted by Crippen LogP contribution is 2.43. The molecule has 2 unspecified atom stereocenters. The van der Waals surface area contributed by atoms with Crippen LogP contribution in [0.25, 0.3) is 0 Å². The summed E-state index contributed by atoms with van der Waals surface area (Å²) in [6.45, 7) is 10.9. The molecule has 1 rings (SSSR count). The first-order valence-electron chi connectivity index (χ1n) is 7.12. The van der Waals surface area contributed by atoms with Gasteiger partial charge in [0.1, 0.15) is 18.0 Å². The third-order valence-corrected chi connectivity index (χ3v) is 4.97. The fourth-order valence-electron chi connectivity index (χ4n) is 2.46. The van der Waals surface area contributed by atoms with Crippen LogP contribution in [-0.4, -0.2) is 52.1 Å². The maximum Gasteiger partial charge on any atom is 0.147 e. The monoisotopic (exact) mass is 288 g/mol. The van der Waals surface area contributed by atoms with Crippen molar-refractivity contribution in [2.45, 2.75) is 66.0 Å². The van der Waals surface area contributed by atoms with Gasteiger partial charge in [-0.05, 0) is 12.3 Å². The average Bonchev–Trinajstić information content (AvgIpc) is 2.32. The van der Waals surface area contributed by atoms with E-state index in [1.165, 1.54) is 0 Å². The van der Waals surface area contributed by atoms with Gasteiger partial charge in [0, 0.05) is 5.41 Å². The minimum Gasteiger partial charge on any atom is -0.394 e. The number of aliphatic hydroxyl groups excluding tert-OH is 3. The van der Waals surface area contributed by atoms with Crippen LogP contribution >= 0.6 is 0 Å². The van der Waals surface area contributed by atoms with Crippen molar-refractivity contribution in [2.24, 2.45) is 16.7 Å². The molecule has 118 valence electrons. The summed E-state index contributed by atoms with van der Waals surface area (Å²) in [5, 5.41) is 29.3. The average molecular weight is 288 g/mol. The smallest absolute Gasteiger partial charge is 0.147 e. The van der Waals surface area contributed by atoms with Gasteiger partial charge in [-0.3, -0.25) is 4.79 Å². The van der Waals surface area contributed by atoms with E-state index >= 15 is 0 Å². The first-order valence-corrected chi connectivity index (χ1v) is 7.12. The highest BCUT2D eigenvalue weighted by atomic mass is 16.5. The second-order valence-corrected chi connectivity index (χ2v) is 7.31. The lowest BCUT2D eigenvalue weighted by atomic mass is 9.62. The Bertz CT molecular complexity index is 358. The molecular weight excluding hydrogens is 260 g/mol. The molecule has 0 radical (unpaired) electrons. The fourth-order valence-corrected chi connectivity index (χ4v) is 2.46. The number of aliphatic hydroxyl groups is 3. The van der Waals surface area contributed by atoms with Crippen molar-refractivity contribution in [1.82, 2.24) is 0 Å². The van der Waals surface area contributed by atoms with Crippen LogP contribution in [0.1, 0.15) is 41.5 Å². The standard InChI is InChI=1S/C15H28O5/c1-8-10(12(18)11(17)9(7-16)20-8)13(19)15(5,6)14(2,3)4/h8-12,16-18H,7H2,1-6H3/t8?,9-,10?,11-,12-/m1/s1. The summed E-state index contributed by atoms with van der Waals surface area (Å²) in [5.41, 5.74) is -0.940. The van der Waals surface area contributed by atoms with Crippen molar-refractivity contribution in [2.75, 3.05) is 6.61 Å². The zero-order chi connectivity index (χ0) is 15.9. The number of Topliss-reactive ketones (excluding diaryl/α,β-unsaturated/α-hetero) is 1. The largest absolute Gasteiger partial charge is 0.394 e. The van der Waals surface area contributed by atoms with E-state index in [1.54, 1.807) is 6.92 Å². The van der Waals surface area contributed by atoms with Gasteiger partial charge >= 0.3 is 0 Å². The zero-order valence-corrected chi connectivity index (χ0v) is 13.3. The predicted molar refractivity (Wildman–Crippen MR) is 75.2 cm³/mol. The van der Waals surface area contributed by atoms with Crippen LogP contribution in [0, 0.1) is 16.7 Å². The van der Waals surface area contributed by atoms with Crippen LogP contribution in [0.3, 0.4) is 0 Å². The number of carbonyl (C=O) groups excluding carboxylic acids is 1.